The Morgan fingerprint density at radius 2 is 1.95 bits per heavy atom. The zero-order valence-corrected chi connectivity index (χ0v) is 15.7. The van der Waals surface area contributed by atoms with Gasteiger partial charge in [-0.25, -0.2) is 0 Å². The van der Waals surface area contributed by atoms with Crippen molar-refractivity contribution in [3.05, 3.63) is 20.2 Å². The summed E-state index contributed by atoms with van der Waals surface area (Å²) < 4.78 is 1.69. The van der Waals surface area contributed by atoms with Crippen molar-refractivity contribution >= 4 is 29.7 Å². The molecule has 0 saturated carbocycles. The molecule has 0 bridgehead atoms. The van der Waals surface area contributed by atoms with E-state index in [2.05, 4.69) is 13.8 Å². The molecule has 1 heterocycles. The van der Waals surface area contributed by atoms with E-state index >= 15 is 0 Å². The number of halogens is 1. The lowest BCUT2D eigenvalue weighted by Gasteiger charge is -2.21. The highest BCUT2D eigenvalue weighted by Gasteiger charge is 2.14. The maximum atomic E-state index is 12.1. The normalized spacial score (nSPS) is 12.1. The molecule has 0 aliphatic carbocycles. The van der Waals surface area contributed by atoms with E-state index in [1.807, 2.05) is 13.8 Å². The second-order valence-corrected chi connectivity index (χ2v) is 7.09. The van der Waals surface area contributed by atoms with Gasteiger partial charge in [0.15, 0.2) is 0 Å². The zero-order chi connectivity index (χ0) is 16.2. The van der Waals surface area contributed by atoms with Crippen molar-refractivity contribution < 1.29 is 4.79 Å². The summed E-state index contributed by atoms with van der Waals surface area (Å²) in [5.41, 5.74) is 6.95. The number of nitrogens with zero attached hydrogens (tertiary/aromatic N) is 2. The molecular weight excluding hydrogens is 322 g/mol. The van der Waals surface area contributed by atoms with E-state index in [1.54, 1.807) is 16.5 Å². The number of amides is 1. The molecule has 1 atom stereocenters. The van der Waals surface area contributed by atoms with Crippen LogP contribution in [0, 0.1) is 19.8 Å². The van der Waals surface area contributed by atoms with E-state index in [1.165, 1.54) is 11.3 Å². The van der Waals surface area contributed by atoms with Gasteiger partial charge in [0.2, 0.25) is 5.91 Å². The Kier molecular flexibility index (Phi) is 8.96. The van der Waals surface area contributed by atoms with E-state index < -0.39 is 0 Å². The molecule has 0 fully saturated rings. The Balaban J connectivity index is 0.00000441. The van der Waals surface area contributed by atoms with Gasteiger partial charge in [0.05, 0.1) is 0 Å². The third-order valence-electron chi connectivity index (χ3n) is 4.00. The van der Waals surface area contributed by atoms with Gasteiger partial charge in [-0.05, 0) is 26.2 Å². The summed E-state index contributed by atoms with van der Waals surface area (Å²) in [5, 5.41) is 0. The quantitative estimate of drug-likeness (QED) is 0.820. The van der Waals surface area contributed by atoms with Crippen LogP contribution in [-0.4, -0.2) is 35.0 Å². The molecule has 0 aliphatic heterocycles. The molecule has 1 amide bonds. The van der Waals surface area contributed by atoms with E-state index in [4.69, 9.17) is 5.73 Å². The van der Waals surface area contributed by atoms with Gasteiger partial charge in [-0.3, -0.25) is 9.59 Å². The van der Waals surface area contributed by atoms with Crippen LogP contribution in [0.4, 0.5) is 0 Å². The first kappa shape index (κ1) is 21.1. The van der Waals surface area contributed by atoms with Crippen molar-refractivity contribution in [2.75, 3.05) is 13.6 Å². The monoisotopic (exact) mass is 349 g/mol. The summed E-state index contributed by atoms with van der Waals surface area (Å²) in [6.45, 7) is 9.13. The third kappa shape index (κ3) is 5.74. The number of nitrogens with two attached hydrogens (primary N) is 1. The number of hydrogen-bond donors (Lipinski definition) is 1. The lowest BCUT2D eigenvalue weighted by molar-refractivity contribution is -0.130. The van der Waals surface area contributed by atoms with Gasteiger partial charge in [0, 0.05) is 43.2 Å². The topological polar surface area (TPSA) is 68.3 Å². The number of carbonyl (C=O) groups is 1. The first-order valence-corrected chi connectivity index (χ1v) is 8.22. The van der Waals surface area contributed by atoms with Crippen LogP contribution in [0.5, 0.6) is 0 Å². The summed E-state index contributed by atoms with van der Waals surface area (Å²) in [4.78, 5) is 26.6. The number of hydrogen-bond acceptors (Lipinski definition) is 4. The average Bonchev–Trinajstić information content (AvgIpc) is 2.66. The van der Waals surface area contributed by atoms with Crippen LogP contribution in [0.2, 0.25) is 0 Å². The fraction of sp³-hybridized carbons (Fsp3) is 0.733. The van der Waals surface area contributed by atoms with Crippen LogP contribution >= 0.6 is 23.7 Å². The molecule has 0 aromatic carbocycles. The van der Waals surface area contributed by atoms with Gasteiger partial charge in [0.1, 0.15) is 0 Å². The minimum absolute atomic E-state index is 0. The highest BCUT2D eigenvalue weighted by Crippen LogP contribution is 2.10. The minimum atomic E-state index is 0. The van der Waals surface area contributed by atoms with Crippen molar-refractivity contribution in [3.63, 3.8) is 0 Å². The highest BCUT2D eigenvalue weighted by molar-refractivity contribution is 7.09. The Hall–Kier alpha value is -0.850. The molecule has 1 rings (SSSR count). The van der Waals surface area contributed by atoms with Gasteiger partial charge in [-0.15, -0.1) is 12.4 Å². The molecule has 7 heteroatoms. The summed E-state index contributed by atoms with van der Waals surface area (Å²) >= 11 is 1.24. The lowest BCUT2D eigenvalue weighted by atomic mass is 10.0. The van der Waals surface area contributed by atoms with Crippen LogP contribution in [0.25, 0.3) is 0 Å². The molecule has 22 heavy (non-hydrogen) atoms. The Bertz CT molecular complexity index is 539. The van der Waals surface area contributed by atoms with Crippen LogP contribution in [0.3, 0.4) is 0 Å². The molecule has 1 aromatic heterocycles. The molecule has 0 aliphatic rings. The molecule has 0 spiro atoms. The van der Waals surface area contributed by atoms with Crippen molar-refractivity contribution in [1.82, 2.24) is 9.47 Å². The fourth-order valence-corrected chi connectivity index (χ4v) is 2.90. The number of carbonyl (C=O) groups excluding carboxylic acids is 1. The molecule has 2 N–H and O–H groups in total. The predicted molar refractivity (Wildman–Crippen MR) is 95.0 cm³/mol. The van der Waals surface area contributed by atoms with Crippen molar-refractivity contribution in [1.29, 1.82) is 0 Å². The van der Waals surface area contributed by atoms with E-state index in [9.17, 15) is 9.59 Å². The largest absolute Gasteiger partial charge is 0.346 e. The van der Waals surface area contributed by atoms with Gasteiger partial charge < -0.3 is 15.2 Å². The van der Waals surface area contributed by atoms with E-state index in [0.717, 1.165) is 17.0 Å². The SMILES string of the molecule is Cc1sc(=O)n(CCC(=O)N(C)CCC(N)C(C)C)c1C.Cl. The lowest BCUT2D eigenvalue weighted by Crippen LogP contribution is -2.35. The molecule has 0 radical (unpaired) electrons. The second kappa shape index (κ2) is 9.33. The summed E-state index contributed by atoms with van der Waals surface area (Å²) in [6.07, 6.45) is 1.15. The Morgan fingerprint density at radius 3 is 2.41 bits per heavy atom. The molecule has 0 saturated heterocycles. The van der Waals surface area contributed by atoms with E-state index in [-0.39, 0.29) is 29.2 Å². The van der Waals surface area contributed by atoms with Crippen molar-refractivity contribution in [2.45, 2.75) is 53.1 Å². The summed E-state index contributed by atoms with van der Waals surface area (Å²) in [7, 11) is 1.80. The molecule has 1 unspecified atom stereocenters. The van der Waals surface area contributed by atoms with Gasteiger partial charge in [0.25, 0.3) is 0 Å². The number of rotatable bonds is 7. The maximum Gasteiger partial charge on any atom is 0.307 e. The zero-order valence-electron chi connectivity index (χ0n) is 14.1. The van der Waals surface area contributed by atoms with Crippen molar-refractivity contribution in [2.24, 2.45) is 11.7 Å². The number of thiazole rings is 1. The van der Waals surface area contributed by atoms with Gasteiger partial charge in [-0.1, -0.05) is 25.2 Å². The van der Waals surface area contributed by atoms with Gasteiger partial charge >= 0.3 is 4.87 Å². The highest BCUT2D eigenvalue weighted by atomic mass is 35.5. The van der Waals surface area contributed by atoms with Gasteiger partial charge in [-0.2, -0.15) is 0 Å². The molecule has 1 aromatic rings. The Labute approximate surface area is 142 Å². The van der Waals surface area contributed by atoms with Crippen LogP contribution in [0.15, 0.2) is 4.79 Å². The maximum absolute atomic E-state index is 12.1. The van der Waals surface area contributed by atoms with Crippen molar-refractivity contribution in [3.8, 4) is 0 Å². The summed E-state index contributed by atoms with van der Waals surface area (Å²) in [6, 6.07) is 0.115. The Morgan fingerprint density at radius 1 is 1.36 bits per heavy atom. The third-order valence-corrected chi connectivity index (χ3v) is 5.00. The number of aryl methyl sites for hydroxylation is 1. The standard InChI is InChI=1S/C15H27N3O2S.ClH/c1-10(2)13(16)6-8-17(5)14(19)7-9-18-11(3)12(4)21-15(18)20;/h10,13H,6-9,16H2,1-5H3;1H. The van der Waals surface area contributed by atoms with E-state index in [0.29, 0.717) is 25.4 Å². The molecular formula is C15H28ClN3O2S. The van der Waals surface area contributed by atoms with Crippen LogP contribution < -0.4 is 10.6 Å². The number of aromatic nitrogens is 1. The fourth-order valence-electron chi connectivity index (χ4n) is 2.04. The van der Waals surface area contributed by atoms with Crippen LogP contribution in [0.1, 0.15) is 37.3 Å². The predicted octanol–water partition coefficient (Wildman–Crippen LogP) is 2.17. The first-order chi connectivity index (χ1) is 9.73. The first-order valence-electron chi connectivity index (χ1n) is 7.40. The molecule has 128 valence electrons. The smallest absolute Gasteiger partial charge is 0.307 e. The van der Waals surface area contributed by atoms with Crippen LogP contribution in [-0.2, 0) is 11.3 Å². The average molecular weight is 350 g/mol. The molecule has 5 nitrogen and oxygen atoms in total. The summed E-state index contributed by atoms with van der Waals surface area (Å²) in [5.74, 6) is 0.476. The minimum Gasteiger partial charge on any atom is -0.346 e. The second-order valence-electron chi connectivity index (χ2n) is 5.92.